The fourth-order valence-electron chi connectivity index (χ4n) is 3.47. The van der Waals surface area contributed by atoms with E-state index in [2.05, 4.69) is 25.9 Å². The number of benzene rings is 1. The number of aromatic nitrogens is 2. The molecular weight excluding hydrogens is 344 g/mol. The van der Waals surface area contributed by atoms with Crippen LogP contribution < -0.4 is 26.4 Å². The lowest BCUT2D eigenvalue weighted by molar-refractivity contribution is 0.100. The van der Waals surface area contributed by atoms with Crippen LogP contribution in [0.5, 0.6) is 5.75 Å². The average Bonchev–Trinajstić information content (AvgIpc) is 3.05. The SMILES string of the molecule is NC(=O)c1cnc(Nc2ccc3c(c2)NCCCO3)nc1NC1CCCC1. The third-order valence-electron chi connectivity index (χ3n) is 4.88. The van der Waals surface area contributed by atoms with Gasteiger partial charge in [-0.3, -0.25) is 4.79 Å². The molecule has 0 atom stereocenters. The maximum absolute atomic E-state index is 11.7. The van der Waals surface area contributed by atoms with E-state index in [4.69, 9.17) is 10.5 Å². The number of nitrogens with one attached hydrogen (secondary N) is 3. The highest BCUT2D eigenvalue weighted by Gasteiger charge is 2.19. The van der Waals surface area contributed by atoms with Crippen molar-refractivity contribution in [2.24, 2.45) is 5.73 Å². The number of nitrogens with two attached hydrogens (primary N) is 1. The zero-order valence-electron chi connectivity index (χ0n) is 15.1. The molecule has 8 nitrogen and oxygen atoms in total. The molecule has 1 fully saturated rings. The van der Waals surface area contributed by atoms with Gasteiger partial charge in [0.1, 0.15) is 11.6 Å². The molecule has 1 aromatic carbocycles. The number of ether oxygens (including phenoxy) is 1. The monoisotopic (exact) mass is 368 g/mol. The standard InChI is InChI=1S/C19H24N6O2/c20-17(26)14-11-22-19(25-18(14)23-12-4-1-2-5-12)24-13-6-7-16-15(10-13)21-8-3-9-27-16/h6-7,10-12,21H,1-5,8-9H2,(H2,20,26)(H2,22,23,24,25). The number of rotatable bonds is 5. The molecule has 1 aliphatic heterocycles. The number of anilines is 4. The van der Waals surface area contributed by atoms with Gasteiger partial charge in [0.15, 0.2) is 0 Å². The Hall–Kier alpha value is -3.03. The van der Waals surface area contributed by atoms with Crippen molar-refractivity contribution in [3.63, 3.8) is 0 Å². The number of nitrogens with zero attached hydrogens (tertiary/aromatic N) is 2. The fourth-order valence-corrected chi connectivity index (χ4v) is 3.47. The van der Waals surface area contributed by atoms with Gasteiger partial charge < -0.3 is 26.4 Å². The van der Waals surface area contributed by atoms with E-state index >= 15 is 0 Å². The van der Waals surface area contributed by atoms with Crippen LogP contribution in [0.4, 0.5) is 23.1 Å². The third-order valence-corrected chi connectivity index (χ3v) is 4.88. The van der Waals surface area contributed by atoms with Gasteiger partial charge in [-0.05, 0) is 37.5 Å². The first-order valence-corrected chi connectivity index (χ1v) is 9.40. The van der Waals surface area contributed by atoms with Crippen LogP contribution in [0.1, 0.15) is 42.5 Å². The number of carbonyl (C=O) groups is 1. The summed E-state index contributed by atoms with van der Waals surface area (Å²) in [6, 6.07) is 6.13. The lowest BCUT2D eigenvalue weighted by Crippen LogP contribution is -2.21. The number of fused-ring (bicyclic) bond motifs is 1. The zero-order valence-corrected chi connectivity index (χ0v) is 15.1. The molecule has 0 bridgehead atoms. The summed E-state index contributed by atoms with van der Waals surface area (Å²) in [4.78, 5) is 20.5. The smallest absolute Gasteiger partial charge is 0.254 e. The Labute approximate surface area is 157 Å². The molecule has 0 spiro atoms. The number of primary amides is 1. The largest absolute Gasteiger partial charge is 0.491 e. The van der Waals surface area contributed by atoms with Gasteiger partial charge in [0.05, 0.1) is 17.9 Å². The Morgan fingerprint density at radius 3 is 2.93 bits per heavy atom. The quantitative estimate of drug-likeness (QED) is 0.641. The van der Waals surface area contributed by atoms with Gasteiger partial charge >= 0.3 is 0 Å². The Morgan fingerprint density at radius 1 is 1.26 bits per heavy atom. The second kappa shape index (κ2) is 7.69. The second-order valence-corrected chi connectivity index (χ2v) is 6.91. The Morgan fingerprint density at radius 2 is 2.11 bits per heavy atom. The Bertz CT molecular complexity index is 835. The first-order chi connectivity index (χ1) is 13.2. The van der Waals surface area contributed by atoms with Crippen molar-refractivity contribution in [3.8, 4) is 5.75 Å². The molecule has 2 aliphatic rings. The number of carbonyl (C=O) groups excluding carboxylic acids is 1. The molecule has 27 heavy (non-hydrogen) atoms. The van der Waals surface area contributed by atoms with E-state index in [1.54, 1.807) is 0 Å². The molecule has 4 rings (SSSR count). The van der Waals surface area contributed by atoms with Crippen molar-refractivity contribution in [2.45, 2.75) is 38.1 Å². The van der Waals surface area contributed by atoms with Crippen molar-refractivity contribution in [3.05, 3.63) is 30.0 Å². The molecule has 1 aromatic heterocycles. The molecule has 0 unspecified atom stereocenters. The maximum Gasteiger partial charge on any atom is 0.254 e. The second-order valence-electron chi connectivity index (χ2n) is 6.91. The molecule has 1 aliphatic carbocycles. The van der Waals surface area contributed by atoms with E-state index in [0.717, 1.165) is 42.9 Å². The molecule has 5 N–H and O–H groups in total. The van der Waals surface area contributed by atoms with Crippen LogP contribution in [0.25, 0.3) is 0 Å². The van der Waals surface area contributed by atoms with E-state index in [1.165, 1.54) is 19.0 Å². The van der Waals surface area contributed by atoms with Gasteiger partial charge in [0, 0.05) is 24.5 Å². The van der Waals surface area contributed by atoms with Crippen LogP contribution in [0.3, 0.4) is 0 Å². The number of hydrogen-bond acceptors (Lipinski definition) is 7. The number of hydrogen-bond donors (Lipinski definition) is 4. The normalized spacial score (nSPS) is 16.6. The van der Waals surface area contributed by atoms with Crippen molar-refractivity contribution < 1.29 is 9.53 Å². The lowest BCUT2D eigenvalue weighted by atomic mass is 10.2. The Kier molecular flexibility index (Phi) is 4.95. The molecule has 1 saturated carbocycles. The van der Waals surface area contributed by atoms with Gasteiger partial charge in [-0.1, -0.05) is 12.8 Å². The molecular formula is C19H24N6O2. The van der Waals surface area contributed by atoms with Crippen LogP contribution in [-0.4, -0.2) is 35.1 Å². The minimum absolute atomic E-state index is 0.310. The molecule has 8 heteroatoms. The third kappa shape index (κ3) is 4.05. The molecule has 0 saturated heterocycles. The topological polar surface area (TPSA) is 114 Å². The van der Waals surface area contributed by atoms with E-state index in [9.17, 15) is 4.79 Å². The highest BCUT2D eigenvalue weighted by atomic mass is 16.5. The van der Waals surface area contributed by atoms with Crippen molar-refractivity contribution in [1.29, 1.82) is 0 Å². The summed E-state index contributed by atoms with van der Waals surface area (Å²) in [6.07, 6.45) is 6.95. The van der Waals surface area contributed by atoms with Crippen molar-refractivity contribution >= 4 is 29.0 Å². The average molecular weight is 368 g/mol. The van der Waals surface area contributed by atoms with Gasteiger partial charge in [-0.15, -0.1) is 0 Å². The van der Waals surface area contributed by atoms with Crippen molar-refractivity contribution in [2.75, 3.05) is 29.1 Å². The predicted molar refractivity (Wildman–Crippen MR) is 105 cm³/mol. The summed E-state index contributed by atoms with van der Waals surface area (Å²) in [7, 11) is 0. The van der Waals surface area contributed by atoms with Crippen LogP contribution in [0, 0.1) is 0 Å². The predicted octanol–water partition coefficient (Wildman–Crippen LogP) is 2.87. The van der Waals surface area contributed by atoms with E-state index < -0.39 is 5.91 Å². The zero-order chi connectivity index (χ0) is 18.6. The molecule has 0 radical (unpaired) electrons. The highest BCUT2D eigenvalue weighted by Crippen LogP contribution is 2.31. The molecule has 1 amide bonds. The molecule has 2 aromatic rings. The summed E-state index contributed by atoms with van der Waals surface area (Å²) in [5, 5.41) is 9.90. The summed E-state index contributed by atoms with van der Waals surface area (Å²) in [6.45, 7) is 1.58. The summed E-state index contributed by atoms with van der Waals surface area (Å²) < 4.78 is 5.71. The molecule has 2 heterocycles. The first kappa shape index (κ1) is 17.4. The van der Waals surface area contributed by atoms with Crippen LogP contribution in [-0.2, 0) is 0 Å². The Balaban J connectivity index is 1.56. The highest BCUT2D eigenvalue weighted by molar-refractivity contribution is 5.97. The van der Waals surface area contributed by atoms with Gasteiger partial charge in [-0.2, -0.15) is 4.98 Å². The van der Waals surface area contributed by atoms with Gasteiger partial charge in [0.25, 0.3) is 5.91 Å². The minimum Gasteiger partial charge on any atom is -0.491 e. The number of amides is 1. The van der Waals surface area contributed by atoms with E-state index in [0.29, 0.717) is 30.0 Å². The van der Waals surface area contributed by atoms with Crippen LogP contribution >= 0.6 is 0 Å². The van der Waals surface area contributed by atoms with Gasteiger partial charge in [0.2, 0.25) is 5.95 Å². The summed E-state index contributed by atoms with van der Waals surface area (Å²) in [5.74, 6) is 1.21. The molecule has 142 valence electrons. The summed E-state index contributed by atoms with van der Waals surface area (Å²) in [5.41, 5.74) is 7.57. The summed E-state index contributed by atoms with van der Waals surface area (Å²) >= 11 is 0. The fraction of sp³-hybridized carbons (Fsp3) is 0.421. The first-order valence-electron chi connectivity index (χ1n) is 9.40. The van der Waals surface area contributed by atoms with Gasteiger partial charge in [-0.25, -0.2) is 4.98 Å². The van der Waals surface area contributed by atoms with Crippen LogP contribution in [0.2, 0.25) is 0 Å². The van der Waals surface area contributed by atoms with E-state index in [-0.39, 0.29) is 0 Å². The van der Waals surface area contributed by atoms with Crippen LogP contribution in [0.15, 0.2) is 24.4 Å². The maximum atomic E-state index is 11.7. The van der Waals surface area contributed by atoms with Crippen molar-refractivity contribution in [1.82, 2.24) is 9.97 Å². The minimum atomic E-state index is -0.534. The lowest BCUT2D eigenvalue weighted by Gasteiger charge is -2.16. The van der Waals surface area contributed by atoms with E-state index in [1.807, 2.05) is 18.2 Å².